The number of thiazole rings is 1. The Morgan fingerprint density at radius 3 is 2.35 bits per heavy atom. The summed E-state index contributed by atoms with van der Waals surface area (Å²) in [5.74, 6) is 0.202. The number of hydrogen-bond acceptors (Lipinski definition) is 4. The summed E-state index contributed by atoms with van der Waals surface area (Å²) < 4.78 is 5.43. The average Bonchev–Trinajstić information content (AvgIpc) is 3.08. The molecule has 0 radical (unpaired) electrons. The molecule has 0 aliphatic heterocycles. The first-order valence-corrected chi connectivity index (χ1v) is 9.60. The Bertz CT molecular complexity index is 890. The van der Waals surface area contributed by atoms with Crippen molar-refractivity contribution in [3.63, 3.8) is 0 Å². The highest BCUT2D eigenvalue weighted by atomic mass is 32.1. The largest absolute Gasteiger partial charge is 0.456 e. The van der Waals surface area contributed by atoms with Gasteiger partial charge >= 0.3 is 5.97 Å². The molecule has 1 aromatic heterocycles. The summed E-state index contributed by atoms with van der Waals surface area (Å²) in [4.78, 5) is 16.9. The molecule has 0 fully saturated rings. The van der Waals surface area contributed by atoms with Gasteiger partial charge < -0.3 is 4.74 Å². The fourth-order valence-corrected chi connectivity index (χ4v) is 3.64. The Morgan fingerprint density at radius 1 is 1.08 bits per heavy atom. The molecule has 2 aromatic carbocycles. The van der Waals surface area contributed by atoms with Crippen molar-refractivity contribution in [3.05, 3.63) is 75.8 Å². The lowest BCUT2D eigenvalue weighted by Gasteiger charge is -2.06. The van der Waals surface area contributed by atoms with Crippen LogP contribution in [0.4, 0.5) is 0 Å². The molecule has 3 nitrogen and oxygen atoms in total. The molecule has 0 aliphatic carbocycles. The topological polar surface area (TPSA) is 39.2 Å². The number of carbonyl (C=O) groups excluding carboxylic acids is 1. The zero-order chi connectivity index (χ0) is 18.7. The summed E-state index contributed by atoms with van der Waals surface area (Å²) in [7, 11) is 0. The minimum atomic E-state index is -0.312. The van der Waals surface area contributed by atoms with E-state index < -0.39 is 0 Å². The van der Waals surface area contributed by atoms with Crippen LogP contribution in [0.2, 0.25) is 0 Å². The highest BCUT2D eigenvalue weighted by Crippen LogP contribution is 2.26. The van der Waals surface area contributed by atoms with E-state index in [2.05, 4.69) is 43.1 Å². The molecule has 1 heterocycles. The van der Waals surface area contributed by atoms with E-state index >= 15 is 0 Å². The van der Waals surface area contributed by atoms with Crippen molar-refractivity contribution in [3.8, 4) is 10.6 Å². The quantitative estimate of drug-likeness (QED) is 0.528. The second kappa shape index (κ2) is 7.83. The third-order valence-corrected chi connectivity index (χ3v) is 5.12. The zero-order valence-corrected chi connectivity index (χ0v) is 16.4. The van der Waals surface area contributed by atoms with Gasteiger partial charge in [0.05, 0.1) is 11.3 Å². The predicted octanol–water partition coefficient (Wildman–Crippen LogP) is 5.91. The van der Waals surface area contributed by atoms with Crippen molar-refractivity contribution in [1.82, 2.24) is 4.98 Å². The van der Waals surface area contributed by atoms with E-state index in [9.17, 15) is 4.79 Å². The Labute approximate surface area is 158 Å². The molecule has 0 atom stereocenters. The maximum Gasteiger partial charge on any atom is 0.338 e. The Balaban J connectivity index is 1.65. The van der Waals surface area contributed by atoms with Crippen LogP contribution in [-0.4, -0.2) is 11.0 Å². The summed E-state index contributed by atoms with van der Waals surface area (Å²) in [6.45, 7) is 8.50. The summed E-state index contributed by atoms with van der Waals surface area (Å²) in [5, 5.41) is 2.89. The van der Waals surface area contributed by atoms with E-state index in [1.54, 1.807) is 11.3 Å². The van der Waals surface area contributed by atoms with Crippen molar-refractivity contribution in [1.29, 1.82) is 0 Å². The normalized spacial score (nSPS) is 11.0. The molecule has 0 unspecified atom stereocenters. The van der Waals surface area contributed by atoms with Gasteiger partial charge in [-0.3, -0.25) is 0 Å². The summed E-state index contributed by atoms with van der Waals surface area (Å²) >= 11 is 1.57. The van der Waals surface area contributed by atoms with Crippen LogP contribution in [-0.2, 0) is 11.3 Å². The standard InChI is InChI=1S/C22H23NO2S/c1-14(2)17-5-7-18(8-6-17)21-23-20(13-26-21)12-25-22(24)19-10-15(3)9-16(4)11-19/h5-11,13-14H,12H2,1-4H3. The van der Waals surface area contributed by atoms with E-state index in [0.717, 1.165) is 27.4 Å². The minimum Gasteiger partial charge on any atom is -0.456 e. The fraction of sp³-hybridized carbons (Fsp3) is 0.273. The minimum absolute atomic E-state index is 0.187. The van der Waals surface area contributed by atoms with E-state index in [1.807, 2.05) is 37.4 Å². The number of hydrogen-bond donors (Lipinski definition) is 0. The summed E-state index contributed by atoms with van der Waals surface area (Å²) in [6, 6.07) is 14.2. The van der Waals surface area contributed by atoms with Gasteiger partial charge in [-0.2, -0.15) is 0 Å². The third kappa shape index (κ3) is 4.38. The van der Waals surface area contributed by atoms with E-state index in [0.29, 0.717) is 11.5 Å². The van der Waals surface area contributed by atoms with Gasteiger partial charge in [0.1, 0.15) is 11.6 Å². The lowest BCUT2D eigenvalue weighted by Crippen LogP contribution is -2.06. The molecule has 4 heteroatoms. The van der Waals surface area contributed by atoms with Gasteiger partial charge in [0.2, 0.25) is 0 Å². The lowest BCUT2D eigenvalue weighted by molar-refractivity contribution is 0.0468. The van der Waals surface area contributed by atoms with Gasteiger partial charge in [0.15, 0.2) is 0 Å². The molecule has 0 aliphatic rings. The first kappa shape index (κ1) is 18.3. The zero-order valence-electron chi connectivity index (χ0n) is 15.6. The van der Waals surface area contributed by atoms with Crippen molar-refractivity contribution in [2.24, 2.45) is 0 Å². The number of aryl methyl sites for hydroxylation is 2. The fourth-order valence-electron chi connectivity index (χ4n) is 2.83. The highest BCUT2D eigenvalue weighted by Gasteiger charge is 2.11. The number of benzene rings is 2. The van der Waals surface area contributed by atoms with Crippen LogP contribution in [0.1, 0.15) is 52.5 Å². The van der Waals surface area contributed by atoms with Crippen LogP contribution < -0.4 is 0 Å². The van der Waals surface area contributed by atoms with E-state index in [1.165, 1.54) is 5.56 Å². The summed E-state index contributed by atoms with van der Waals surface area (Å²) in [6.07, 6.45) is 0. The molecule has 26 heavy (non-hydrogen) atoms. The van der Waals surface area contributed by atoms with Gasteiger partial charge in [0, 0.05) is 10.9 Å². The first-order valence-electron chi connectivity index (χ1n) is 8.72. The maximum absolute atomic E-state index is 12.3. The smallest absolute Gasteiger partial charge is 0.338 e. The molecule has 0 N–H and O–H groups in total. The lowest BCUT2D eigenvalue weighted by atomic mass is 10.0. The van der Waals surface area contributed by atoms with Gasteiger partial charge in [-0.15, -0.1) is 11.3 Å². The van der Waals surface area contributed by atoms with Crippen molar-refractivity contribution < 1.29 is 9.53 Å². The van der Waals surface area contributed by atoms with E-state index in [-0.39, 0.29) is 12.6 Å². The number of esters is 1. The van der Waals surface area contributed by atoms with Crippen molar-refractivity contribution in [2.45, 2.75) is 40.2 Å². The van der Waals surface area contributed by atoms with Gasteiger partial charge in [-0.05, 0) is 37.5 Å². The van der Waals surface area contributed by atoms with Crippen LogP contribution in [0.5, 0.6) is 0 Å². The van der Waals surface area contributed by atoms with Crippen LogP contribution >= 0.6 is 11.3 Å². The Kier molecular flexibility index (Phi) is 5.52. The second-order valence-corrected chi connectivity index (χ2v) is 7.73. The third-order valence-electron chi connectivity index (χ3n) is 4.18. The van der Waals surface area contributed by atoms with Crippen LogP contribution in [0.15, 0.2) is 47.8 Å². The molecule has 0 saturated carbocycles. The molecule has 134 valence electrons. The average molecular weight is 365 g/mol. The second-order valence-electron chi connectivity index (χ2n) is 6.87. The monoisotopic (exact) mass is 365 g/mol. The van der Waals surface area contributed by atoms with Crippen LogP contribution in [0.25, 0.3) is 10.6 Å². The van der Waals surface area contributed by atoms with E-state index in [4.69, 9.17) is 4.74 Å². The predicted molar refractivity (Wildman–Crippen MR) is 107 cm³/mol. The highest BCUT2D eigenvalue weighted by molar-refractivity contribution is 7.13. The SMILES string of the molecule is Cc1cc(C)cc(C(=O)OCc2csc(-c3ccc(C(C)C)cc3)n2)c1. The van der Waals surface area contributed by atoms with Gasteiger partial charge in [-0.25, -0.2) is 9.78 Å². The molecule has 0 bridgehead atoms. The molecule has 0 amide bonds. The Morgan fingerprint density at radius 2 is 1.73 bits per heavy atom. The molecule has 3 aromatic rings. The molecular weight excluding hydrogens is 342 g/mol. The molecule has 0 spiro atoms. The van der Waals surface area contributed by atoms with Gasteiger partial charge in [-0.1, -0.05) is 55.3 Å². The van der Waals surface area contributed by atoms with Crippen molar-refractivity contribution in [2.75, 3.05) is 0 Å². The number of rotatable bonds is 5. The first-order chi connectivity index (χ1) is 12.4. The summed E-state index contributed by atoms with van der Waals surface area (Å²) in [5.41, 5.74) is 5.87. The van der Waals surface area contributed by atoms with Crippen LogP contribution in [0.3, 0.4) is 0 Å². The molecule has 0 saturated heterocycles. The maximum atomic E-state index is 12.3. The molecule has 3 rings (SSSR count). The van der Waals surface area contributed by atoms with Crippen LogP contribution in [0, 0.1) is 13.8 Å². The van der Waals surface area contributed by atoms with Gasteiger partial charge in [0.25, 0.3) is 0 Å². The van der Waals surface area contributed by atoms with Crippen molar-refractivity contribution >= 4 is 17.3 Å². The molecular formula is C22H23NO2S. The Hall–Kier alpha value is -2.46. The number of aromatic nitrogens is 1. The number of nitrogens with zero attached hydrogens (tertiary/aromatic N) is 1. The number of ether oxygens (including phenoxy) is 1. The number of carbonyl (C=O) groups is 1.